The van der Waals surface area contributed by atoms with Crippen LogP contribution in [0.1, 0.15) is 37.2 Å². The number of fused-ring (bicyclic) bond motifs is 1. The van der Waals surface area contributed by atoms with E-state index in [0.29, 0.717) is 0 Å². The van der Waals surface area contributed by atoms with Gasteiger partial charge in [-0.25, -0.2) is 18.0 Å². The summed E-state index contributed by atoms with van der Waals surface area (Å²) in [6, 6.07) is 0.421. The Hall–Kier alpha value is -2.31. The van der Waals surface area contributed by atoms with Gasteiger partial charge in [-0.3, -0.25) is 4.79 Å². The average Bonchev–Trinajstić information content (AvgIpc) is 2.44. The summed E-state index contributed by atoms with van der Waals surface area (Å²) in [4.78, 5) is 24.1. The van der Waals surface area contributed by atoms with Crippen molar-refractivity contribution < 1.29 is 22.7 Å². The molecule has 0 spiro atoms. The Balaban J connectivity index is 2.96. The number of ether oxygens (including phenoxy) is 1. The summed E-state index contributed by atoms with van der Waals surface area (Å²) in [5.74, 6) is -5.70. The van der Waals surface area contributed by atoms with E-state index in [1.54, 1.807) is 20.8 Å². The summed E-state index contributed by atoms with van der Waals surface area (Å²) in [5.41, 5.74) is -1.57. The number of hydrogen-bond acceptors (Lipinski definition) is 3. The summed E-state index contributed by atoms with van der Waals surface area (Å²) in [7, 11) is 0. The topological polar surface area (TPSA) is 48.3 Å². The van der Waals surface area contributed by atoms with Gasteiger partial charge in [0.25, 0.3) is 0 Å². The lowest BCUT2D eigenvalue weighted by Gasteiger charge is -2.17. The van der Waals surface area contributed by atoms with Gasteiger partial charge in [-0.1, -0.05) is 0 Å². The molecule has 0 N–H and O–H groups in total. The summed E-state index contributed by atoms with van der Waals surface area (Å²) < 4.78 is 47.0. The molecule has 1 heterocycles. The molecule has 22 heavy (non-hydrogen) atoms. The van der Waals surface area contributed by atoms with E-state index in [1.165, 1.54) is 10.8 Å². The number of esters is 1. The maximum absolute atomic E-state index is 14.0. The fraction of sp³-hybridized carbons (Fsp3) is 0.333. The Kier molecular flexibility index (Phi) is 4.25. The molecule has 0 aliphatic carbocycles. The normalized spacial score (nSPS) is 11.2. The number of hydrogen-bond donors (Lipinski definition) is 0. The number of carbonyl (C=O) groups excluding carboxylic acids is 1. The highest BCUT2D eigenvalue weighted by atomic mass is 19.2. The van der Waals surface area contributed by atoms with Gasteiger partial charge in [0, 0.05) is 18.3 Å². The highest BCUT2D eigenvalue weighted by Gasteiger charge is 2.23. The molecule has 0 unspecified atom stereocenters. The van der Waals surface area contributed by atoms with Gasteiger partial charge in [0.05, 0.1) is 17.5 Å². The molecule has 118 valence electrons. The van der Waals surface area contributed by atoms with E-state index in [2.05, 4.69) is 0 Å². The number of aromatic nitrogens is 1. The highest BCUT2D eigenvalue weighted by molar-refractivity contribution is 5.94. The molecule has 7 heteroatoms. The van der Waals surface area contributed by atoms with Crippen molar-refractivity contribution in [3.05, 3.63) is 45.5 Å². The predicted octanol–water partition coefficient (Wildman–Crippen LogP) is 3.18. The third-order valence-corrected chi connectivity index (χ3v) is 3.21. The van der Waals surface area contributed by atoms with Gasteiger partial charge >= 0.3 is 5.97 Å². The van der Waals surface area contributed by atoms with Crippen LogP contribution in [0.2, 0.25) is 0 Å². The first-order valence-corrected chi connectivity index (χ1v) is 6.69. The Morgan fingerprint density at radius 3 is 2.45 bits per heavy atom. The molecule has 0 aliphatic heterocycles. The van der Waals surface area contributed by atoms with Gasteiger partial charge in [-0.05, 0) is 20.8 Å². The third-order valence-electron chi connectivity index (χ3n) is 3.21. The van der Waals surface area contributed by atoms with Crippen LogP contribution in [0.4, 0.5) is 13.2 Å². The molecule has 0 aliphatic rings. The van der Waals surface area contributed by atoms with Crippen molar-refractivity contribution in [3.63, 3.8) is 0 Å². The zero-order valence-electron chi connectivity index (χ0n) is 12.2. The van der Waals surface area contributed by atoms with Gasteiger partial charge in [-0.2, -0.15) is 0 Å². The second kappa shape index (κ2) is 5.82. The number of nitrogens with zero attached hydrogens (tertiary/aromatic N) is 1. The number of carbonyl (C=O) groups is 1. The molecule has 0 fully saturated rings. The number of rotatable bonds is 3. The Morgan fingerprint density at radius 2 is 1.91 bits per heavy atom. The zero-order chi connectivity index (χ0) is 16.6. The van der Waals surface area contributed by atoms with Crippen LogP contribution in [0.25, 0.3) is 10.9 Å². The molecule has 2 aromatic rings. The van der Waals surface area contributed by atoms with E-state index in [-0.39, 0.29) is 18.2 Å². The van der Waals surface area contributed by atoms with E-state index < -0.39 is 39.8 Å². The molecule has 0 amide bonds. The van der Waals surface area contributed by atoms with Gasteiger partial charge in [0.15, 0.2) is 17.5 Å². The van der Waals surface area contributed by atoms with Crippen molar-refractivity contribution in [2.45, 2.75) is 26.8 Å². The van der Waals surface area contributed by atoms with Crippen LogP contribution in [0.15, 0.2) is 17.1 Å². The quantitative estimate of drug-likeness (QED) is 0.646. The Labute approximate surface area is 124 Å². The molecule has 0 atom stereocenters. The van der Waals surface area contributed by atoms with E-state index in [1.807, 2.05) is 0 Å². The van der Waals surface area contributed by atoms with Crippen molar-refractivity contribution in [1.82, 2.24) is 4.57 Å². The standard InChI is InChI=1S/C15H14F3NO3/c1-4-22-15(21)8-6-19(7(2)3)10-5-9(16)12(17)13(18)11(10)14(8)20/h5-7H,4H2,1-3H3. The molecular formula is C15H14F3NO3. The molecular weight excluding hydrogens is 299 g/mol. The van der Waals surface area contributed by atoms with Crippen molar-refractivity contribution in [3.8, 4) is 0 Å². The fourth-order valence-corrected chi connectivity index (χ4v) is 2.19. The maximum Gasteiger partial charge on any atom is 0.343 e. The second-order valence-electron chi connectivity index (χ2n) is 4.97. The summed E-state index contributed by atoms with van der Waals surface area (Å²) >= 11 is 0. The molecule has 1 aromatic heterocycles. The highest BCUT2D eigenvalue weighted by Crippen LogP contribution is 2.23. The lowest BCUT2D eigenvalue weighted by Crippen LogP contribution is -2.23. The van der Waals surface area contributed by atoms with Crippen LogP contribution in [-0.4, -0.2) is 17.1 Å². The van der Waals surface area contributed by atoms with E-state index in [9.17, 15) is 22.8 Å². The van der Waals surface area contributed by atoms with Crippen molar-refractivity contribution >= 4 is 16.9 Å². The Morgan fingerprint density at radius 1 is 1.27 bits per heavy atom. The van der Waals surface area contributed by atoms with Gasteiger partial charge in [-0.15, -0.1) is 0 Å². The molecule has 0 bridgehead atoms. The first-order valence-electron chi connectivity index (χ1n) is 6.69. The fourth-order valence-electron chi connectivity index (χ4n) is 2.19. The number of benzene rings is 1. The molecule has 0 radical (unpaired) electrons. The SMILES string of the molecule is CCOC(=O)c1cn(C(C)C)c2cc(F)c(F)c(F)c2c1=O. The van der Waals surface area contributed by atoms with E-state index in [0.717, 1.165) is 6.07 Å². The van der Waals surface area contributed by atoms with Crippen molar-refractivity contribution in [1.29, 1.82) is 0 Å². The van der Waals surface area contributed by atoms with Crippen molar-refractivity contribution in [2.24, 2.45) is 0 Å². The average molecular weight is 313 g/mol. The van der Waals surface area contributed by atoms with E-state index >= 15 is 0 Å². The molecule has 4 nitrogen and oxygen atoms in total. The van der Waals surface area contributed by atoms with Gasteiger partial charge in [0.2, 0.25) is 5.43 Å². The van der Waals surface area contributed by atoms with E-state index in [4.69, 9.17) is 4.74 Å². The minimum absolute atomic E-state index is 0.0260. The van der Waals surface area contributed by atoms with Crippen molar-refractivity contribution in [2.75, 3.05) is 6.61 Å². The largest absolute Gasteiger partial charge is 0.462 e. The van der Waals surface area contributed by atoms with Crippen LogP contribution in [-0.2, 0) is 4.74 Å². The second-order valence-corrected chi connectivity index (χ2v) is 4.97. The summed E-state index contributed by atoms with van der Waals surface area (Å²) in [6.07, 6.45) is 1.17. The van der Waals surface area contributed by atoms with Crippen LogP contribution in [0.5, 0.6) is 0 Å². The molecule has 0 saturated heterocycles. The molecule has 0 saturated carbocycles. The smallest absolute Gasteiger partial charge is 0.343 e. The lowest BCUT2D eigenvalue weighted by atomic mass is 10.1. The minimum Gasteiger partial charge on any atom is -0.462 e. The monoisotopic (exact) mass is 313 g/mol. The van der Waals surface area contributed by atoms with Crippen LogP contribution < -0.4 is 5.43 Å². The predicted molar refractivity (Wildman–Crippen MR) is 74.4 cm³/mol. The number of halogens is 3. The zero-order valence-corrected chi connectivity index (χ0v) is 12.2. The molecule has 2 rings (SSSR count). The minimum atomic E-state index is -1.75. The summed E-state index contributed by atoms with van der Waals surface area (Å²) in [5, 5.41) is -0.668. The lowest BCUT2D eigenvalue weighted by molar-refractivity contribution is 0.0524. The Bertz CT molecular complexity index is 812. The number of pyridine rings is 1. The third kappa shape index (κ3) is 2.47. The first kappa shape index (κ1) is 16.1. The summed E-state index contributed by atoms with van der Waals surface area (Å²) in [6.45, 7) is 4.96. The van der Waals surface area contributed by atoms with Crippen LogP contribution in [0.3, 0.4) is 0 Å². The first-order chi connectivity index (χ1) is 10.3. The maximum atomic E-state index is 14.0. The van der Waals surface area contributed by atoms with Crippen LogP contribution in [0, 0.1) is 17.5 Å². The van der Waals surface area contributed by atoms with Crippen LogP contribution >= 0.6 is 0 Å². The van der Waals surface area contributed by atoms with Gasteiger partial charge in [0.1, 0.15) is 5.56 Å². The molecule has 1 aromatic carbocycles. The van der Waals surface area contributed by atoms with Gasteiger partial charge < -0.3 is 9.30 Å².